The van der Waals surface area contributed by atoms with E-state index in [1.807, 2.05) is 0 Å². The molecule has 7 nitrogen and oxygen atoms in total. The largest absolute Gasteiger partial charge is 0.463 e. The third-order valence-electron chi connectivity index (χ3n) is 3.21. The second kappa shape index (κ2) is 8.33. The van der Waals surface area contributed by atoms with Crippen LogP contribution in [0.25, 0.3) is 5.53 Å². The molecule has 2 aromatic rings. The van der Waals surface area contributed by atoms with Gasteiger partial charge in [-0.1, -0.05) is 36.4 Å². The van der Waals surface area contributed by atoms with Crippen LogP contribution in [0.5, 0.6) is 0 Å². The van der Waals surface area contributed by atoms with E-state index in [1.165, 1.54) is 24.3 Å². The summed E-state index contributed by atoms with van der Waals surface area (Å²) in [6, 6.07) is 16.1. The first kappa shape index (κ1) is 17.8. The molecule has 0 aliphatic carbocycles. The highest BCUT2D eigenvalue weighted by molar-refractivity contribution is 6.66. The van der Waals surface area contributed by atoms with Crippen LogP contribution in [-0.2, 0) is 14.3 Å². The van der Waals surface area contributed by atoms with Crippen LogP contribution in [0.1, 0.15) is 17.3 Å². The second-order valence-electron chi connectivity index (χ2n) is 4.82. The minimum absolute atomic E-state index is 0.0108. The lowest BCUT2D eigenvalue weighted by Gasteiger charge is -2.18. The molecule has 0 bridgehead atoms. The molecule has 0 heterocycles. The lowest BCUT2D eigenvalue weighted by molar-refractivity contribution is -0.141. The van der Waals surface area contributed by atoms with Crippen LogP contribution in [0, 0.1) is 0 Å². The van der Waals surface area contributed by atoms with E-state index in [2.05, 4.69) is 4.79 Å². The molecule has 0 atom stereocenters. The summed E-state index contributed by atoms with van der Waals surface area (Å²) >= 11 is 0. The van der Waals surface area contributed by atoms with Crippen LogP contribution in [0.15, 0.2) is 60.7 Å². The molecule has 25 heavy (non-hydrogen) atoms. The summed E-state index contributed by atoms with van der Waals surface area (Å²) in [5.41, 5.74) is 8.66. The molecule has 0 saturated heterocycles. The fraction of sp³-hybridized carbons (Fsp3) is 0.111. The minimum Gasteiger partial charge on any atom is -0.457 e. The van der Waals surface area contributed by atoms with Gasteiger partial charge >= 0.3 is 17.6 Å². The first-order valence-corrected chi connectivity index (χ1v) is 7.48. The number of para-hydroxylation sites is 1. The maximum absolute atomic E-state index is 12.8. The van der Waals surface area contributed by atoms with Crippen molar-refractivity contribution in [3.63, 3.8) is 0 Å². The number of hydrogen-bond donors (Lipinski definition) is 0. The Balaban J connectivity index is 2.49. The fourth-order valence-electron chi connectivity index (χ4n) is 2.09. The number of amides is 2. The molecule has 0 saturated carbocycles. The Hall–Kier alpha value is -3.57. The van der Waals surface area contributed by atoms with E-state index in [-0.39, 0.29) is 17.9 Å². The molecule has 0 radical (unpaired) electrons. The monoisotopic (exact) mass is 337 g/mol. The molecule has 0 N–H and O–H groups in total. The molecular formula is C18H15N3O4. The number of nitrogens with zero attached hydrogens (tertiary/aromatic N) is 3. The SMILES string of the molecule is CCOC(=O)C(=[N+]=[N-])C(=O)N(C(=O)c1ccccc1)c1ccccc1. The second-order valence-corrected chi connectivity index (χ2v) is 4.82. The summed E-state index contributed by atoms with van der Waals surface area (Å²) in [4.78, 5) is 40.9. The Morgan fingerprint density at radius 3 is 2.08 bits per heavy atom. The lowest BCUT2D eigenvalue weighted by atomic mass is 10.1. The van der Waals surface area contributed by atoms with Gasteiger partial charge in [0.2, 0.25) is 0 Å². The van der Waals surface area contributed by atoms with Gasteiger partial charge in [0.25, 0.3) is 5.91 Å². The number of benzene rings is 2. The zero-order valence-electron chi connectivity index (χ0n) is 13.5. The van der Waals surface area contributed by atoms with Crippen molar-refractivity contribution in [1.29, 1.82) is 0 Å². The van der Waals surface area contributed by atoms with Gasteiger partial charge < -0.3 is 10.3 Å². The molecule has 126 valence electrons. The van der Waals surface area contributed by atoms with Gasteiger partial charge in [-0.05, 0) is 31.2 Å². The number of esters is 1. The normalized spacial score (nSPS) is 9.64. The molecule has 0 aromatic heterocycles. The molecule has 2 rings (SSSR count). The van der Waals surface area contributed by atoms with Gasteiger partial charge in [0.05, 0.1) is 12.3 Å². The Labute approximate surface area is 144 Å². The quantitative estimate of drug-likeness (QED) is 0.274. The third kappa shape index (κ3) is 4.04. The molecule has 0 spiro atoms. The van der Waals surface area contributed by atoms with Crippen molar-refractivity contribution in [1.82, 2.24) is 0 Å². The summed E-state index contributed by atoms with van der Waals surface area (Å²) in [5.74, 6) is -2.86. The van der Waals surface area contributed by atoms with Crippen molar-refractivity contribution < 1.29 is 23.9 Å². The van der Waals surface area contributed by atoms with Crippen LogP contribution in [0.3, 0.4) is 0 Å². The molecule has 2 aromatic carbocycles. The zero-order chi connectivity index (χ0) is 18.2. The number of hydrogen-bond acceptors (Lipinski definition) is 4. The van der Waals surface area contributed by atoms with Crippen molar-refractivity contribution in [3.8, 4) is 0 Å². The van der Waals surface area contributed by atoms with Crippen molar-refractivity contribution in [2.24, 2.45) is 0 Å². The van der Waals surface area contributed by atoms with Crippen LogP contribution in [0.4, 0.5) is 5.69 Å². The number of ether oxygens (including phenoxy) is 1. The van der Waals surface area contributed by atoms with E-state index in [9.17, 15) is 14.4 Å². The molecule has 7 heteroatoms. The number of imide groups is 1. The number of carbonyl (C=O) groups excluding carboxylic acids is 3. The topological polar surface area (TPSA) is 100 Å². The zero-order valence-corrected chi connectivity index (χ0v) is 13.5. The fourth-order valence-corrected chi connectivity index (χ4v) is 2.09. The Kier molecular flexibility index (Phi) is 5.92. The van der Waals surface area contributed by atoms with E-state index in [4.69, 9.17) is 10.3 Å². The summed E-state index contributed by atoms with van der Waals surface area (Å²) in [6.07, 6.45) is 0. The van der Waals surface area contributed by atoms with E-state index in [1.54, 1.807) is 43.3 Å². The first-order chi connectivity index (χ1) is 12.1. The predicted molar refractivity (Wildman–Crippen MR) is 90.0 cm³/mol. The van der Waals surface area contributed by atoms with Crippen LogP contribution >= 0.6 is 0 Å². The maximum atomic E-state index is 12.8. The summed E-state index contributed by atoms with van der Waals surface area (Å²) in [5, 5.41) is 0. The summed E-state index contributed by atoms with van der Waals surface area (Å²) in [6.45, 7) is 1.53. The van der Waals surface area contributed by atoms with Crippen molar-refractivity contribution in [3.05, 3.63) is 71.8 Å². The van der Waals surface area contributed by atoms with E-state index >= 15 is 0 Å². The highest BCUT2D eigenvalue weighted by Gasteiger charge is 2.39. The van der Waals surface area contributed by atoms with Crippen molar-refractivity contribution in [2.45, 2.75) is 6.92 Å². The van der Waals surface area contributed by atoms with Crippen LogP contribution in [0.2, 0.25) is 0 Å². The van der Waals surface area contributed by atoms with E-state index in [0.29, 0.717) is 0 Å². The van der Waals surface area contributed by atoms with Gasteiger partial charge in [0.15, 0.2) is 0 Å². The van der Waals surface area contributed by atoms with Gasteiger partial charge in [0, 0.05) is 5.56 Å². The number of rotatable bonds is 5. The molecule has 2 amide bonds. The summed E-state index contributed by atoms with van der Waals surface area (Å²) < 4.78 is 4.70. The third-order valence-corrected chi connectivity index (χ3v) is 3.21. The van der Waals surface area contributed by atoms with Gasteiger partial charge in [-0.2, -0.15) is 4.79 Å². The Morgan fingerprint density at radius 1 is 1.00 bits per heavy atom. The van der Waals surface area contributed by atoms with Crippen molar-refractivity contribution >= 4 is 29.2 Å². The average Bonchev–Trinajstić information content (AvgIpc) is 2.64. The first-order valence-electron chi connectivity index (χ1n) is 7.48. The van der Waals surface area contributed by atoms with Gasteiger partial charge in [0.1, 0.15) is 0 Å². The van der Waals surface area contributed by atoms with Gasteiger partial charge in [-0.15, -0.1) is 0 Å². The average molecular weight is 337 g/mol. The lowest BCUT2D eigenvalue weighted by Crippen LogP contribution is -2.45. The van der Waals surface area contributed by atoms with E-state index < -0.39 is 23.5 Å². The van der Waals surface area contributed by atoms with E-state index in [0.717, 1.165) is 4.90 Å². The van der Waals surface area contributed by atoms with Gasteiger partial charge in [-0.25, -0.2) is 9.69 Å². The number of carbonyl (C=O) groups is 3. The minimum atomic E-state index is -1.11. The maximum Gasteiger partial charge on any atom is 0.463 e. The molecule has 0 unspecified atom stereocenters. The molecule has 0 fully saturated rings. The predicted octanol–water partition coefficient (Wildman–Crippen LogP) is 2.09. The Morgan fingerprint density at radius 2 is 1.56 bits per heavy atom. The number of anilines is 1. The van der Waals surface area contributed by atoms with Crippen molar-refractivity contribution in [2.75, 3.05) is 11.5 Å². The Bertz CT molecular complexity index is 828. The highest BCUT2D eigenvalue weighted by Crippen LogP contribution is 2.17. The van der Waals surface area contributed by atoms with Crippen LogP contribution < -0.4 is 4.90 Å². The molecular weight excluding hydrogens is 322 g/mol. The van der Waals surface area contributed by atoms with Crippen LogP contribution in [-0.4, -0.2) is 34.9 Å². The molecule has 0 aliphatic rings. The summed E-state index contributed by atoms with van der Waals surface area (Å²) in [7, 11) is 0. The molecule has 0 aliphatic heterocycles. The standard InChI is InChI=1S/C18H15N3O4/c1-2-25-18(24)15(20-19)17(23)21(14-11-7-4-8-12-14)16(22)13-9-5-3-6-10-13/h3-12H,2H2,1H3. The highest BCUT2D eigenvalue weighted by atomic mass is 16.5. The van der Waals surface area contributed by atoms with Gasteiger partial charge in [-0.3, -0.25) is 9.59 Å². The smallest absolute Gasteiger partial charge is 0.457 e.